The molecule has 0 aliphatic heterocycles. The van der Waals surface area contributed by atoms with Gasteiger partial charge in [-0.2, -0.15) is 0 Å². The van der Waals surface area contributed by atoms with E-state index in [1.54, 1.807) is 0 Å². The first-order valence-electron chi connectivity index (χ1n) is 6.71. The van der Waals surface area contributed by atoms with Crippen LogP contribution in [-0.2, 0) is 4.74 Å². The van der Waals surface area contributed by atoms with Crippen molar-refractivity contribution in [2.45, 2.75) is 78.4 Å². The summed E-state index contributed by atoms with van der Waals surface area (Å²) < 4.78 is 5.85. The third kappa shape index (κ3) is 8.12. The molecule has 0 fully saturated rings. The first-order chi connectivity index (χ1) is 7.39. The number of aliphatic hydroxyl groups is 1. The molecule has 2 atom stereocenters. The van der Waals surface area contributed by atoms with E-state index in [4.69, 9.17) is 4.74 Å². The van der Waals surface area contributed by atoms with Crippen LogP contribution in [0.4, 0.5) is 0 Å². The van der Waals surface area contributed by atoms with E-state index in [-0.39, 0.29) is 11.7 Å². The van der Waals surface area contributed by atoms with Crippen LogP contribution in [0.2, 0.25) is 0 Å². The predicted molar refractivity (Wildman–Crippen MR) is 69.6 cm³/mol. The van der Waals surface area contributed by atoms with Crippen molar-refractivity contribution in [2.24, 2.45) is 5.92 Å². The fourth-order valence-electron chi connectivity index (χ4n) is 1.66. The minimum absolute atomic E-state index is 0.00637. The van der Waals surface area contributed by atoms with Crippen LogP contribution < -0.4 is 0 Å². The first-order valence-corrected chi connectivity index (χ1v) is 6.71. The molecule has 0 spiro atoms. The average molecular weight is 230 g/mol. The molecule has 0 aromatic heterocycles. The van der Waals surface area contributed by atoms with Crippen LogP contribution in [0, 0.1) is 5.92 Å². The maximum Gasteiger partial charge on any atom is 0.0626 e. The summed E-state index contributed by atoms with van der Waals surface area (Å²) in [6, 6.07) is 0. The van der Waals surface area contributed by atoms with Crippen LogP contribution in [-0.4, -0.2) is 23.4 Å². The van der Waals surface area contributed by atoms with Gasteiger partial charge in [0, 0.05) is 6.61 Å². The topological polar surface area (TPSA) is 29.5 Å². The Balaban J connectivity index is 3.64. The van der Waals surface area contributed by atoms with Gasteiger partial charge in [0.25, 0.3) is 0 Å². The van der Waals surface area contributed by atoms with Gasteiger partial charge in [0.1, 0.15) is 0 Å². The largest absolute Gasteiger partial charge is 0.393 e. The SMILES string of the molecule is CCCCOC(C)(C)CCCC(C)C(C)O. The van der Waals surface area contributed by atoms with Crippen molar-refractivity contribution < 1.29 is 9.84 Å². The zero-order valence-corrected chi connectivity index (χ0v) is 11.8. The molecule has 0 saturated heterocycles. The van der Waals surface area contributed by atoms with Gasteiger partial charge in [-0.15, -0.1) is 0 Å². The molecule has 0 aromatic rings. The lowest BCUT2D eigenvalue weighted by Gasteiger charge is -2.26. The standard InChI is InChI=1S/C14H30O2/c1-6-7-11-16-14(4,5)10-8-9-12(2)13(3)15/h12-13,15H,6-11H2,1-5H3. The Hall–Kier alpha value is -0.0800. The monoisotopic (exact) mass is 230 g/mol. The lowest BCUT2D eigenvalue weighted by Crippen LogP contribution is -2.25. The van der Waals surface area contributed by atoms with Gasteiger partial charge in [-0.3, -0.25) is 0 Å². The average Bonchev–Trinajstić information content (AvgIpc) is 2.17. The van der Waals surface area contributed by atoms with E-state index in [0.29, 0.717) is 5.92 Å². The Morgan fingerprint density at radius 3 is 2.31 bits per heavy atom. The lowest BCUT2D eigenvalue weighted by molar-refractivity contribution is -0.0275. The molecule has 0 aliphatic carbocycles. The van der Waals surface area contributed by atoms with Crippen LogP contribution in [0.3, 0.4) is 0 Å². The van der Waals surface area contributed by atoms with Crippen molar-refractivity contribution in [2.75, 3.05) is 6.61 Å². The Bertz CT molecular complexity index is 164. The molecule has 0 heterocycles. The molecule has 2 heteroatoms. The summed E-state index contributed by atoms with van der Waals surface area (Å²) in [6.07, 6.45) is 5.43. The van der Waals surface area contributed by atoms with E-state index >= 15 is 0 Å². The number of hydrogen-bond donors (Lipinski definition) is 1. The Morgan fingerprint density at radius 1 is 1.19 bits per heavy atom. The Kier molecular flexibility index (Phi) is 8.04. The summed E-state index contributed by atoms with van der Waals surface area (Å²) in [7, 11) is 0. The highest BCUT2D eigenvalue weighted by molar-refractivity contribution is 4.70. The molecule has 0 saturated carbocycles. The maximum atomic E-state index is 9.39. The number of unbranched alkanes of at least 4 members (excludes halogenated alkanes) is 1. The number of rotatable bonds is 9. The molecule has 1 N–H and O–H groups in total. The predicted octanol–water partition coefficient (Wildman–Crippen LogP) is 3.77. The molecule has 98 valence electrons. The molecular formula is C14H30O2. The van der Waals surface area contributed by atoms with Gasteiger partial charge in [0.15, 0.2) is 0 Å². The molecule has 0 amide bonds. The van der Waals surface area contributed by atoms with Crippen LogP contribution >= 0.6 is 0 Å². The molecule has 0 radical (unpaired) electrons. The molecule has 0 bridgehead atoms. The number of hydrogen-bond acceptors (Lipinski definition) is 2. The highest BCUT2D eigenvalue weighted by atomic mass is 16.5. The molecular weight excluding hydrogens is 200 g/mol. The molecule has 0 rings (SSSR count). The second kappa shape index (κ2) is 8.08. The van der Waals surface area contributed by atoms with E-state index in [9.17, 15) is 5.11 Å². The zero-order chi connectivity index (χ0) is 12.6. The van der Waals surface area contributed by atoms with Crippen LogP contribution in [0.15, 0.2) is 0 Å². The van der Waals surface area contributed by atoms with Crippen LogP contribution in [0.5, 0.6) is 0 Å². The molecule has 2 unspecified atom stereocenters. The van der Waals surface area contributed by atoms with Crippen LogP contribution in [0.25, 0.3) is 0 Å². The number of ether oxygens (including phenoxy) is 1. The molecule has 16 heavy (non-hydrogen) atoms. The Labute approximate surface area is 101 Å². The van der Waals surface area contributed by atoms with Crippen molar-refractivity contribution in [1.29, 1.82) is 0 Å². The van der Waals surface area contributed by atoms with Crippen molar-refractivity contribution in [3.63, 3.8) is 0 Å². The van der Waals surface area contributed by atoms with Gasteiger partial charge >= 0.3 is 0 Å². The summed E-state index contributed by atoms with van der Waals surface area (Å²) >= 11 is 0. The number of aliphatic hydroxyl groups excluding tert-OH is 1. The smallest absolute Gasteiger partial charge is 0.0626 e. The van der Waals surface area contributed by atoms with Gasteiger partial charge in [0.05, 0.1) is 11.7 Å². The van der Waals surface area contributed by atoms with Crippen molar-refractivity contribution in [3.05, 3.63) is 0 Å². The summed E-state index contributed by atoms with van der Waals surface area (Å²) in [5, 5.41) is 9.39. The zero-order valence-electron chi connectivity index (χ0n) is 11.8. The Morgan fingerprint density at radius 2 is 1.81 bits per heavy atom. The van der Waals surface area contributed by atoms with Crippen molar-refractivity contribution >= 4 is 0 Å². The van der Waals surface area contributed by atoms with Gasteiger partial charge in [-0.05, 0) is 46.0 Å². The van der Waals surface area contributed by atoms with E-state index in [1.165, 1.54) is 6.42 Å². The van der Waals surface area contributed by atoms with Gasteiger partial charge in [-0.1, -0.05) is 26.7 Å². The fourth-order valence-corrected chi connectivity index (χ4v) is 1.66. The summed E-state index contributed by atoms with van der Waals surface area (Å²) in [5.41, 5.74) is -0.00637. The lowest BCUT2D eigenvalue weighted by atomic mass is 9.94. The summed E-state index contributed by atoms with van der Waals surface area (Å²) in [4.78, 5) is 0. The highest BCUT2D eigenvalue weighted by Gasteiger charge is 2.18. The second-order valence-corrected chi connectivity index (χ2v) is 5.57. The minimum atomic E-state index is -0.191. The second-order valence-electron chi connectivity index (χ2n) is 5.57. The third-order valence-electron chi connectivity index (χ3n) is 3.25. The highest BCUT2D eigenvalue weighted by Crippen LogP contribution is 2.21. The molecule has 0 aromatic carbocycles. The maximum absolute atomic E-state index is 9.39. The van der Waals surface area contributed by atoms with Gasteiger partial charge in [-0.25, -0.2) is 0 Å². The van der Waals surface area contributed by atoms with E-state index in [2.05, 4.69) is 27.7 Å². The molecule has 2 nitrogen and oxygen atoms in total. The van der Waals surface area contributed by atoms with Crippen molar-refractivity contribution in [1.82, 2.24) is 0 Å². The normalized spacial score (nSPS) is 16.1. The van der Waals surface area contributed by atoms with E-state index in [0.717, 1.165) is 32.3 Å². The van der Waals surface area contributed by atoms with Gasteiger partial charge in [0.2, 0.25) is 0 Å². The summed E-state index contributed by atoms with van der Waals surface area (Å²) in [6.45, 7) is 11.4. The van der Waals surface area contributed by atoms with Gasteiger partial charge < -0.3 is 9.84 Å². The quantitative estimate of drug-likeness (QED) is 0.611. The third-order valence-corrected chi connectivity index (χ3v) is 3.25. The fraction of sp³-hybridized carbons (Fsp3) is 1.00. The van der Waals surface area contributed by atoms with Crippen molar-refractivity contribution in [3.8, 4) is 0 Å². The molecule has 0 aliphatic rings. The van der Waals surface area contributed by atoms with E-state index < -0.39 is 0 Å². The van der Waals surface area contributed by atoms with E-state index in [1.807, 2.05) is 6.92 Å². The van der Waals surface area contributed by atoms with Crippen LogP contribution in [0.1, 0.15) is 66.7 Å². The summed E-state index contributed by atoms with van der Waals surface area (Å²) in [5.74, 6) is 0.395. The minimum Gasteiger partial charge on any atom is -0.393 e. The first kappa shape index (κ1) is 15.9.